The van der Waals surface area contributed by atoms with Crippen LogP contribution < -0.4 is 9.64 Å². The lowest BCUT2D eigenvalue weighted by molar-refractivity contribution is -0.274. The summed E-state index contributed by atoms with van der Waals surface area (Å²) in [7, 11) is 0. The number of para-hydroxylation sites is 1. The zero-order valence-corrected chi connectivity index (χ0v) is 19.0. The van der Waals surface area contributed by atoms with Crippen LogP contribution in [0.3, 0.4) is 0 Å². The summed E-state index contributed by atoms with van der Waals surface area (Å²) in [4.78, 5) is 40.8. The van der Waals surface area contributed by atoms with Gasteiger partial charge in [0.05, 0.1) is 6.04 Å². The molecule has 2 saturated carbocycles. The van der Waals surface area contributed by atoms with Crippen molar-refractivity contribution in [3.05, 3.63) is 59.7 Å². The summed E-state index contributed by atoms with van der Waals surface area (Å²) in [5.41, 5.74) is 1.58. The number of benzene rings is 2. The molecule has 8 nitrogen and oxygen atoms in total. The summed E-state index contributed by atoms with van der Waals surface area (Å²) in [5.74, 6) is -2.11. The standard InChI is InChI=1S/C25H23F3N2O6/c26-25(27,28)36-16-9-5-14(6-10-16)23(33)30-19-4-2-1-3-17(19)22(18-11-12-20(18)30)29(15-7-8-15)24(34)35-13-21(31)32/h1-6,9-10,15,18,20,22H,7-8,11-13H2,(H,31,32)/t18-,20+,22-/m0/s1. The van der Waals surface area contributed by atoms with E-state index >= 15 is 0 Å². The Kier molecular flexibility index (Phi) is 6.01. The summed E-state index contributed by atoms with van der Waals surface area (Å²) in [6, 6.07) is 11.3. The number of carbonyl (C=O) groups is 3. The number of halogens is 3. The predicted molar refractivity (Wildman–Crippen MR) is 119 cm³/mol. The van der Waals surface area contributed by atoms with Crippen molar-refractivity contribution >= 4 is 23.7 Å². The fraction of sp³-hybridized carbons (Fsp3) is 0.400. The molecule has 2 amide bonds. The molecule has 0 radical (unpaired) electrons. The normalized spacial score (nSPS) is 22.5. The number of amides is 2. The van der Waals surface area contributed by atoms with Gasteiger partial charge in [0.2, 0.25) is 0 Å². The molecule has 2 aromatic rings. The minimum atomic E-state index is -4.83. The number of hydrogen-bond donors (Lipinski definition) is 1. The number of alkyl halides is 3. The summed E-state index contributed by atoms with van der Waals surface area (Å²) < 4.78 is 46.5. The van der Waals surface area contributed by atoms with Gasteiger partial charge in [-0.15, -0.1) is 13.2 Å². The van der Waals surface area contributed by atoms with Crippen LogP contribution in [-0.4, -0.2) is 53.0 Å². The van der Waals surface area contributed by atoms with Crippen molar-refractivity contribution in [3.8, 4) is 5.75 Å². The van der Waals surface area contributed by atoms with Crippen LogP contribution in [0.2, 0.25) is 0 Å². The van der Waals surface area contributed by atoms with Crippen LogP contribution in [0.4, 0.5) is 23.7 Å². The van der Waals surface area contributed by atoms with E-state index in [-0.39, 0.29) is 35.5 Å². The highest BCUT2D eigenvalue weighted by atomic mass is 19.4. The zero-order chi connectivity index (χ0) is 25.6. The van der Waals surface area contributed by atoms with E-state index in [0.717, 1.165) is 37.0 Å². The highest BCUT2D eigenvalue weighted by Crippen LogP contribution is 2.54. The van der Waals surface area contributed by atoms with Gasteiger partial charge < -0.3 is 19.5 Å². The monoisotopic (exact) mass is 504 g/mol. The Morgan fingerprint density at radius 3 is 2.28 bits per heavy atom. The molecule has 1 N–H and O–H groups in total. The van der Waals surface area contributed by atoms with Crippen LogP contribution in [0.5, 0.6) is 5.75 Å². The van der Waals surface area contributed by atoms with Crippen LogP contribution >= 0.6 is 0 Å². The first kappa shape index (κ1) is 24.0. The average Bonchev–Trinajstić information content (AvgIpc) is 3.63. The van der Waals surface area contributed by atoms with Gasteiger partial charge in [0.25, 0.3) is 5.91 Å². The maximum Gasteiger partial charge on any atom is 0.573 e. The van der Waals surface area contributed by atoms with Crippen molar-refractivity contribution in [1.29, 1.82) is 0 Å². The van der Waals surface area contributed by atoms with E-state index in [0.29, 0.717) is 12.1 Å². The van der Waals surface area contributed by atoms with Crippen molar-refractivity contribution in [2.24, 2.45) is 5.92 Å². The topological polar surface area (TPSA) is 96.4 Å². The lowest BCUT2D eigenvalue weighted by atomic mass is 9.68. The minimum Gasteiger partial charge on any atom is -0.479 e. The quantitative estimate of drug-likeness (QED) is 0.610. The molecule has 11 heteroatoms. The Morgan fingerprint density at radius 1 is 1.00 bits per heavy atom. The molecule has 2 fully saturated rings. The lowest BCUT2D eigenvalue weighted by Gasteiger charge is -2.55. The number of ether oxygens (including phenoxy) is 2. The van der Waals surface area contributed by atoms with Crippen LogP contribution in [0, 0.1) is 5.92 Å². The molecule has 1 heterocycles. The first-order valence-corrected chi connectivity index (χ1v) is 11.6. The van der Waals surface area contributed by atoms with Gasteiger partial charge in [-0.3, -0.25) is 9.69 Å². The van der Waals surface area contributed by atoms with Crippen LogP contribution in [0.25, 0.3) is 0 Å². The van der Waals surface area contributed by atoms with E-state index in [2.05, 4.69) is 4.74 Å². The number of carboxylic acids is 1. The van der Waals surface area contributed by atoms with Crippen molar-refractivity contribution in [2.75, 3.05) is 11.5 Å². The molecule has 0 aromatic heterocycles. The molecule has 190 valence electrons. The van der Waals surface area contributed by atoms with Crippen molar-refractivity contribution in [3.63, 3.8) is 0 Å². The third-order valence-corrected chi connectivity index (χ3v) is 6.87. The van der Waals surface area contributed by atoms with Gasteiger partial charge in [0.1, 0.15) is 5.75 Å². The second-order valence-electron chi connectivity index (χ2n) is 9.15. The Morgan fingerprint density at radius 2 is 1.69 bits per heavy atom. The maximum absolute atomic E-state index is 13.6. The minimum absolute atomic E-state index is 0.0611. The van der Waals surface area contributed by atoms with E-state index in [9.17, 15) is 27.6 Å². The number of carbonyl (C=O) groups excluding carboxylic acids is 2. The summed E-state index contributed by atoms with van der Waals surface area (Å²) in [6.45, 7) is -0.733. The zero-order valence-electron chi connectivity index (χ0n) is 19.0. The number of fused-ring (bicyclic) bond motifs is 2. The largest absolute Gasteiger partial charge is 0.573 e. The number of carboxylic acid groups (broad SMARTS) is 1. The van der Waals surface area contributed by atoms with Crippen LogP contribution in [-0.2, 0) is 9.53 Å². The molecule has 3 aliphatic rings. The molecular formula is C25H23F3N2O6. The molecule has 0 bridgehead atoms. The molecule has 0 spiro atoms. The van der Waals surface area contributed by atoms with E-state index in [1.54, 1.807) is 21.9 Å². The Labute approximate surface area is 204 Å². The van der Waals surface area contributed by atoms with Gasteiger partial charge >= 0.3 is 18.4 Å². The van der Waals surface area contributed by atoms with Crippen molar-refractivity contribution in [1.82, 2.24) is 4.90 Å². The van der Waals surface area contributed by atoms with Crippen LogP contribution in [0.1, 0.15) is 47.6 Å². The van der Waals surface area contributed by atoms with Gasteiger partial charge in [-0.1, -0.05) is 18.2 Å². The molecule has 3 atom stereocenters. The number of aliphatic carboxylic acids is 1. The average molecular weight is 504 g/mol. The van der Waals surface area contributed by atoms with Crippen LogP contribution in [0.15, 0.2) is 48.5 Å². The fourth-order valence-corrected chi connectivity index (χ4v) is 5.16. The summed E-state index contributed by atoms with van der Waals surface area (Å²) in [5, 5.41) is 8.95. The fourth-order valence-electron chi connectivity index (χ4n) is 5.16. The number of anilines is 1. The van der Waals surface area contributed by atoms with Crippen molar-refractivity contribution in [2.45, 2.75) is 50.2 Å². The SMILES string of the molecule is O=C(O)COC(=O)N(C1CC1)[C@H]1c2ccccc2N(C(=O)c2ccc(OC(F)(F)F)cc2)[C@@H]2CC[C@@H]21. The molecular weight excluding hydrogens is 481 g/mol. The van der Waals surface area contributed by atoms with Gasteiger partial charge in [-0.25, -0.2) is 9.59 Å². The summed E-state index contributed by atoms with van der Waals surface area (Å²) >= 11 is 0. The molecule has 2 aliphatic carbocycles. The maximum atomic E-state index is 13.6. The molecule has 5 rings (SSSR count). The van der Waals surface area contributed by atoms with E-state index in [1.165, 1.54) is 12.1 Å². The first-order valence-electron chi connectivity index (χ1n) is 11.6. The van der Waals surface area contributed by atoms with E-state index in [1.807, 2.05) is 12.1 Å². The van der Waals surface area contributed by atoms with Gasteiger partial charge in [0.15, 0.2) is 6.61 Å². The Hall–Kier alpha value is -3.76. The smallest absolute Gasteiger partial charge is 0.479 e. The molecule has 1 aliphatic heterocycles. The third-order valence-electron chi connectivity index (χ3n) is 6.87. The second-order valence-corrected chi connectivity index (χ2v) is 9.15. The highest BCUT2D eigenvalue weighted by Gasteiger charge is 2.54. The Balaban J connectivity index is 1.46. The lowest BCUT2D eigenvalue weighted by Crippen LogP contribution is -2.59. The summed E-state index contributed by atoms with van der Waals surface area (Å²) in [6.07, 6.45) is -2.50. The molecule has 36 heavy (non-hydrogen) atoms. The molecule has 2 aromatic carbocycles. The predicted octanol–water partition coefficient (Wildman–Crippen LogP) is 4.75. The van der Waals surface area contributed by atoms with Gasteiger partial charge in [-0.2, -0.15) is 0 Å². The van der Waals surface area contributed by atoms with Gasteiger partial charge in [0, 0.05) is 29.3 Å². The van der Waals surface area contributed by atoms with Crippen molar-refractivity contribution < 1.29 is 42.1 Å². The number of nitrogens with zero attached hydrogens (tertiary/aromatic N) is 2. The Bertz CT molecular complexity index is 1180. The first-order chi connectivity index (χ1) is 17.1. The molecule has 0 saturated heterocycles. The highest BCUT2D eigenvalue weighted by molar-refractivity contribution is 6.07. The third kappa shape index (κ3) is 4.57. The van der Waals surface area contributed by atoms with Gasteiger partial charge in [-0.05, 0) is 61.6 Å². The second kappa shape index (κ2) is 9.03. The van der Waals surface area contributed by atoms with E-state index in [4.69, 9.17) is 9.84 Å². The number of rotatable bonds is 6. The molecule has 0 unspecified atom stereocenters. The number of hydrogen-bond acceptors (Lipinski definition) is 5. The van der Waals surface area contributed by atoms with E-state index < -0.39 is 30.8 Å².